The first-order chi connectivity index (χ1) is 12.4. The van der Waals surface area contributed by atoms with Crippen molar-refractivity contribution in [2.75, 3.05) is 6.54 Å². The molecule has 2 aromatic rings. The fraction of sp³-hybridized carbons (Fsp3) is 0.0625. The highest BCUT2D eigenvalue weighted by Crippen LogP contribution is 2.21. The lowest BCUT2D eigenvalue weighted by Gasteiger charge is -2.06. The van der Waals surface area contributed by atoms with Crippen LogP contribution >= 0.6 is 11.6 Å². The third-order valence-electron chi connectivity index (χ3n) is 3.47. The zero-order valence-corrected chi connectivity index (χ0v) is 14.8. The number of nitrogens with one attached hydrogen (secondary N) is 3. The molecule has 134 valence electrons. The fourth-order valence-corrected chi connectivity index (χ4v) is 3.62. The Kier molecular flexibility index (Phi) is 4.92. The van der Waals surface area contributed by atoms with Gasteiger partial charge < -0.3 is 0 Å². The molecule has 3 rings (SSSR count). The highest BCUT2D eigenvalue weighted by Gasteiger charge is 2.30. The molecule has 2 aromatic carbocycles. The average Bonchev–Trinajstić information content (AvgIpc) is 2.89. The monoisotopic (exact) mass is 392 g/mol. The zero-order chi connectivity index (χ0) is 18.7. The van der Waals surface area contributed by atoms with Crippen molar-refractivity contribution in [3.8, 4) is 0 Å². The molecule has 0 atom stereocenters. The van der Waals surface area contributed by atoms with Crippen LogP contribution < -0.4 is 15.6 Å². The molecule has 8 nitrogen and oxygen atoms in total. The SMILES string of the molecule is O=C(CN=C1NS(=O)(=O)c2ccccc21)NNC(=O)c1ccc(Cl)cc1. The first kappa shape index (κ1) is 17.9. The smallest absolute Gasteiger partial charge is 0.269 e. The van der Waals surface area contributed by atoms with Gasteiger partial charge in [0.05, 0.1) is 4.90 Å². The van der Waals surface area contributed by atoms with Gasteiger partial charge >= 0.3 is 0 Å². The van der Waals surface area contributed by atoms with Crippen LogP contribution in [0.1, 0.15) is 15.9 Å². The predicted molar refractivity (Wildman–Crippen MR) is 95.2 cm³/mol. The van der Waals surface area contributed by atoms with Crippen LogP contribution in [0.4, 0.5) is 0 Å². The van der Waals surface area contributed by atoms with E-state index in [2.05, 4.69) is 20.6 Å². The van der Waals surface area contributed by atoms with E-state index in [-0.39, 0.29) is 17.3 Å². The van der Waals surface area contributed by atoms with Gasteiger partial charge in [-0.3, -0.25) is 30.2 Å². The van der Waals surface area contributed by atoms with Crippen LogP contribution in [0.25, 0.3) is 0 Å². The standard InChI is InChI=1S/C16H13ClN4O4S/c17-11-7-5-10(6-8-11)16(23)20-19-14(22)9-18-15-12-3-1-2-4-13(12)26(24,25)21-15/h1-8H,9H2,(H,18,21)(H,19,22)(H,20,23). The van der Waals surface area contributed by atoms with Crippen LogP contribution in [0, 0.1) is 0 Å². The summed E-state index contributed by atoms with van der Waals surface area (Å²) in [4.78, 5) is 27.8. The Labute approximate surface area is 154 Å². The molecule has 0 fully saturated rings. The van der Waals surface area contributed by atoms with Crippen molar-refractivity contribution < 1.29 is 18.0 Å². The molecular weight excluding hydrogens is 380 g/mol. The second-order valence-corrected chi connectivity index (χ2v) is 7.36. The Bertz CT molecular complexity index is 1000. The van der Waals surface area contributed by atoms with Crippen molar-refractivity contribution >= 4 is 39.3 Å². The van der Waals surface area contributed by atoms with E-state index in [1.807, 2.05) is 0 Å². The van der Waals surface area contributed by atoms with E-state index in [0.717, 1.165) is 0 Å². The lowest BCUT2D eigenvalue weighted by Crippen LogP contribution is -2.43. The van der Waals surface area contributed by atoms with Gasteiger partial charge in [-0.15, -0.1) is 0 Å². The zero-order valence-electron chi connectivity index (χ0n) is 13.2. The van der Waals surface area contributed by atoms with Crippen molar-refractivity contribution in [3.63, 3.8) is 0 Å². The van der Waals surface area contributed by atoms with Gasteiger partial charge in [0.2, 0.25) is 0 Å². The minimum absolute atomic E-state index is 0.0831. The van der Waals surface area contributed by atoms with Gasteiger partial charge in [0.1, 0.15) is 12.4 Å². The summed E-state index contributed by atoms with van der Waals surface area (Å²) in [6, 6.07) is 12.4. The fourth-order valence-electron chi connectivity index (χ4n) is 2.24. The number of nitrogens with zero attached hydrogens (tertiary/aromatic N) is 1. The number of rotatable bonds is 3. The molecule has 0 saturated carbocycles. The van der Waals surface area contributed by atoms with Crippen LogP contribution in [0.5, 0.6) is 0 Å². The molecule has 2 amide bonds. The van der Waals surface area contributed by atoms with Crippen molar-refractivity contribution in [2.45, 2.75) is 4.90 Å². The summed E-state index contributed by atoms with van der Waals surface area (Å²) in [5.74, 6) is -1.04. The van der Waals surface area contributed by atoms with Gasteiger partial charge in [-0.25, -0.2) is 8.42 Å². The molecule has 1 heterocycles. The molecule has 0 aliphatic carbocycles. The molecule has 1 aliphatic heterocycles. The maximum Gasteiger partial charge on any atom is 0.269 e. The normalized spacial score (nSPS) is 15.8. The maximum atomic E-state index is 11.9. The lowest BCUT2D eigenvalue weighted by molar-refractivity contribution is -0.120. The van der Waals surface area contributed by atoms with E-state index in [0.29, 0.717) is 16.1 Å². The second kappa shape index (κ2) is 7.14. The van der Waals surface area contributed by atoms with Crippen molar-refractivity contribution in [2.24, 2.45) is 4.99 Å². The van der Waals surface area contributed by atoms with Crippen molar-refractivity contribution in [1.29, 1.82) is 0 Å². The number of halogens is 1. The summed E-state index contributed by atoms with van der Waals surface area (Å²) in [6.07, 6.45) is 0. The quantitative estimate of drug-likeness (QED) is 0.671. The van der Waals surface area contributed by atoms with Gasteiger partial charge in [-0.05, 0) is 36.4 Å². The second-order valence-electron chi connectivity index (χ2n) is 5.28. The maximum absolute atomic E-state index is 11.9. The number of amidine groups is 1. The summed E-state index contributed by atoms with van der Waals surface area (Å²) in [7, 11) is -3.66. The molecular formula is C16H13ClN4O4S. The largest absolute Gasteiger partial charge is 0.271 e. The average molecular weight is 393 g/mol. The molecule has 0 aromatic heterocycles. The molecule has 0 spiro atoms. The van der Waals surface area contributed by atoms with Crippen molar-refractivity contribution in [3.05, 3.63) is 64.7 Å². The number of hydrazine groups is 1. The van der Waals surface area contributed by atoms with E-state index >= 15 is 0 Å². The summed E-state index contributed by atoms with van der Waals surface area (Å²) in [5, 5.41) is 0.487. The highest BCUT2D eigenvalue weighted by molar-refractivity contribution is 7.90. The third kappa shape index (κ3) is 3.84. The summed E-state index contributed by atoms with van der Waals surface area (Å²) in [6.45, 7) is -0.368. The molecule has 10 heteroatoms. The number of hydrogen-bond donors (Lipinski definition) is 3. The van der Waals surface area contributed by atoms with Gasteiger partial charge in [0.15, 0.2) is 0 Å². The van der Waals surface area contributed by atoms with Gasteiger partial charge in [0.25, 0.3) is 21.8 Å². The number of benzene rings is 2. The molecule has 0 bridgehead atoms. The number of hydrogen-bond acceptors (Lipinski definition) is 5. The third-order valence-corrected chi connectivity index (χ3v) is 5.11. The van der Waals surface area contributed by atoms with Gasteiger partial charge in [-0.2, -0.15) is 0 Å². The number of fused-ring (bicyclic) bond motifs is 1. The summed E-state index contributed by atoms with van der Waals surface area (Å²) in [5.41, 5.74) is 5.16. The molecule has 3 N–H and O–H groups in total. The molecule has 0 saturated heterocycles. The number of aliphatic imine (C=N–C) groups is 1. The number of sulfonamides is 1. The molecule has 26 heavy (non-hydrogen) atoms. The van der Waals surface area contributed by atoms with E-state index in [1.165, 1.54) is 18.2 Å². The Morgan fingerprint density at radius 1 is 1.04 bits per heavy atom. The van der Waals surface area contributed by atoms with E-state index in [4.69, 9.17) is 11.6 Å². The van der Waals surface area contributed by atoms with Crippen LogP contribution in [0.15, 0.2) is 58.4 Å². The Morgan fingerprint density at radius 2 is 1.73 bits per heavy atom. The summed E-state index contributed by atoms with van der Waals surface area (Å²) < 4.78 is 26.2. The first-order valence-electron chi connectivity index (χ1n) is 7.38. The van der Waals surface area contributed by atoms with Crippen molar-refractivity contribution in [1.82, 2.24) is 15.6 Å². The molecule has 0 radical (unpaired) electrons. The summed E-state index contributed by atoms with van der Waals surface area (Å²) >= 11 is 5.74. The van der Waals surface area contributed by atoms with E-state index in [1.54, 1.807) is 30.3 Å². The van der Waals surface area contributed by atoms with Crippen LogP contribution in [-0.2, 0) is 14.8 Å². The topological polar surface area (TPSA) is 117 Å². The van der Waals surface area contributed by atoms with E-state index < -0.39 is 21.8 Å². The Morgan fingerprint density at radius 3 is 2.46 bits per heavy atom. The van der Waals surface area contributed by atoms with E-state index in [9.17, 15) is 18.0 Å². The predicted octanol–water partition coefficient (Wildman–Crippen LogP) is 0.840. The van der Waals surface area contributed by atoms with Gasteiger partial charge in [-0.1, -0.05) is 23.7 Å². The minimum Gasteiger partial charge on any atom is -0.271 e. The first-order valence-corrected chi connectivity index (χ1v) is 9.24. The molecule has 1 aliphatic rings. The molecule has 0 unspecified atom stereocenters. The highest BCUT2D eigenvalue weighted by atomic mass is 35.5. The minimum atomic E-state index is -3.66. The number of carbonyl (C=O) groups is 2. The van der Waals surface area contributed by atoms with Crippen LogP contribution in [0.2, 0.25) is 5.02 Å². The lowest BCUT2D eigenvalue weighted by atomic mass is 10.2. The van der Waals surface area contributed by atoms with Gasteiger partial charge in [0, 0.05) is 16.1 Å². The Balaban J connectivity index is 1.60. The number of carbonyl (C=O) groups excluding carboxylic acids is 2. The van der Waals surface area contributed by atoms with Crippen LogP contribution in [0.3, 0.4) is 0 Å². The van der Waals surface area contributed by atoms with Crippen LogP contribution in [-0.4, -0.2) is 32.6 Å². The number of amides is 2. The Hall–Kier alpha value is -2.91.